The second kappa shape index (κ2) is 5.55. The smallest absolute Gasteiger partial charge is 0.314 e. The van der Waals surface area contributed by atoms with Crippen LogP contribution in [0.4, 0.5) is 0 Å². The molecule has 0 saturated carbocycles. The Morgan fingerprint density at radius 2 is 1.69 bits per heavy atom. The highest BCUT2D eigenvalue weighted by Gasteiger charge is 2.01. The van der Waals surface area contributed by atoms with Crippen LogP contribution in [-0.2, 0) is 9.59 Å². The van der Waals surface area contributed by atoms with Crippen LogP contribution in [0.15, 0.2) is 41.0 Å². The lowest BCUT2D eigenvalue weighted by Gasteiger charge is -1.81. The molecule has 0 aliphatic heterocycles. The summed E-state index contributed by atoms with van der Waals surface area (Å²) in [6.45, 7) is 0. The van der Waals surface area contributed by atoms with Crippen LogP contribution in [-0.4, -0.2) is 22.2 Å². The summed E-state index contributed by atoms with van der Waals surface area (Å²) in [4.78, 5) is 18.9. The summed E-state index contributed by atoms with van der Waals surface area (Å²) in [5, 5.41) is 16.6. The van der Waals surface area contributed by atoms with E-state index in [4.69, 9.17) is 14.6 Å². The molecule has 1 aromatic heterocycles. The van der Waals surface area contributed by atoms with Crippen molar-refractivity contribution < 1.29 is 24.2 Å². The van der Waals surface area contributed by atoms with Gasteiger partial charge in [-0.05, 0) is 12.1 Å². The standard InChI is InChI=1S/C8H6O.C3H4O4/c1-2-4-8-7(3-1)5-6-9-8;4-2(5)1-3(6)7/h1-6H;1H2,(H,4,5)(H,6,7). The van der Waals surface area contributed by atoms with E-state index in [0.717, 1.165) is 11.0 Å². The molecule has 5 nitrogen and oxygen atoms in total. The Balaban J connectivity index is 0.000000168. The normalized spacial score (nSPS) is 9.25. The van der Waals surface area contributed by atoms with Crippen molar-refractivity contribution in [2.45, 2.75) is 6.42 Å². The molecule has 0 bridgehead atoms. The van der Waals surface area contributed by atoms with E-state index < -0.39 is 18.4 Å². The van der Waals surface area contributed by atoms with Gasteiger partial charge < -0.3 is 14.6 Å². The summed E-state index contributed by atoms with van der Waals surface area (Å²) in [5.74, 6) is -2.62. The molecular weight excluding hydrogens is 212 g/mol. The molecule has 0 spiro atoms. The Morgan fingerprint density at radius 1 is 1.06 bits per heavy atom. The average Bonchev–Trinajstić information content (AvgIpc) is 2.63. The number of carbonyl (C=O) groups is 2. The van der Waals surface area contributed by atoms with E-state index in [1.165, 1.54) is 0 Å². The highest BCUT2D eigenvalue weighted by Crippen LogP contribution is 2.12. The fraction of sp³-hybridized carbons (Fsp3) is 0.0909. The number of para-hydroxylation sites is 1. The van der Waals surface area contributed by atoms with E-state index in [-0.39, 0.29) is 0 Å². The fourth-order valence-corrected chi connectivity index (χ4v) is 1.04. The Kier molecular flexibility index (Phi) is 4.08. The SMILES string of the molecule is O=C(O)CC(=O)O.c1ccc2occc2c1. The van der Waals surface area contributed by atoms with Gasteiger partial charge in [-0.1, -0.05) is 18.2 Å². The van der Waals surface area contributed by atoms with E-state index in [1.807, 2.05) is 30.3 Å². The van der Waals surface area contributed by atoms with Gasteiger partial charge in [0.2, 0.25) is 0 Å². The van der Waals surface area contributed by atoms with Crippen molar-refractivity contribution in [3.63, 3.8) is 0 Å². The van der Waals surface area contributed by atoms with Gasteiger partial charge >= 0.3 is 11.9 Å². The molecule has 1 heterocycles. The first kappa shape index (κ1) is 11.8. The second-order valence-corrected chi connectivity index (χ2v) is 2.92. The summed E-state index contributed by atoms with van der Waals surface area (Å²) in [7, 11) is 0. The van der Waals surface area contributed by atoms with E-state index in [1.54, 1.807) is 6.26 Å². The molecule has 84 valence electrons. The quantitative estimate of drug-likeness (QED) is 0.758. The molecule has 0 saturated heterocycles. The van der Waals surface area contributed by atoms with Gasteiger partial charge in [0.25, 0.3) is 0 Å². The van der Waals surface area contributed by atoms with Crippen LogP contribution in [0.3, 0.4) is 0 Å². The lowest BCUT2D eigenvalue weighted by atomic mass is 10.3. The van der Waals surface area contributed by atoms with Crippen molar-refractivity contribution in [3.05, 3.63) is 36.6 Å². The van der Waals surface area contributed by atoms with Gasteiger partial charge in [0.05, 0.1) is 6.26 Å². The molecule has 16 heavy (non-hydrogen) atoms. The zero-order valence-corrected chi connectivity index (χ0v) is 8.29. The van der Waals surface area contributed by atoms with Crippen LogP contribution in [0.2, 0.25) is 0 Å². The van der Waals surface area contributed by atoms with Crippen LogP contribution in [0.25, 0.3) is 11.0 Å². The maximum absolute atomic E-state index is 9.43. The van der Waals surface area contributed by atoms with Crippen LogP contribution >= 0.6 is 0 Å². The predicted molar refractivity (Wildman–Crippen MR) is 56.1 cm³/mol. The lowest BCUT2D eigenvalue weighted by Crippen LogP contribution is -2.03. The van der Waals surface area contributed by atoms with Crippen molar-refractivity contribution in [1.29, 1.82) is 0 Å². The average molecular weight is 222 g/mol. The van der Waals surface area contributed by atoms with Crippen LogP contribution in [0.1, 0.15) is 6.42 Å². The third kappa shape index (κ3) is 3.83. The van der Waals surface area contributed by atoms with Crippen molar-refractivity contribution in [1.82, 2.24) is 0 Å². The van der Waals surface area contributed by atoms with Gasteiger partial charge in [-0.15, -0.1) is 0 Å². The van der Waals surface area contributed by atoms with Crippen LogP contribution in [0.5, 0.6) is 0 Å². The monoisotopic (exact) mass is 222 g/mol. The lowest BCUT2D eigenvalue weighted by molar-refractivity contribution is -0.147. The fourth-order valence-electron chi connectivity index (χ4n) is 1.04. The van der Waals surface area contributed by atoms with Crippen LogP contribution in [0, 0.1) is 0 Å². The van der Waals surface area contributed by atoms with E-state index in [9.17, 15) is 9.59 Å². The van der Waals surface area contributed by atoms with Crippen molar-refractivity contribution in [2.75, 3.05) is 0 Å². The Morgan fingerprint density at radius 3 is 2.19 bits per heavy atom. The number of rotatable bonds is 2. The molecular formula is C11H10O5. The summed E-state index contributed by atoms with van der Waals surface area (Å²) < 4.78 is 5.12. The molecule has 0 aliphatic carbocycles. The first-order chi connectivity index (χ1) is 7.59. The number of fused-ring (bicyclic) bond motifs is 1. The zero-order chi connectivity index (χ0) is 12.0. The summed E-state index contributed by atoms with van der Waals surface area (Å²) in [6, 6.07) is 9.90. The molecule has 0 fully saturated rings. The van der Waals surface area contributed by atoms with E-state index in [0.29, 0.717) is 0 Å². The van der Waals surface area contributed by atoms with Gasteiger partial charge in [-0.25, -0.2) is 0 Å². The number of benzene rings is 1. The van der Waals surface area contributed by atoms with Gasteiger partial charge in [-0.3, -0.25) is 9.59 Å². The van der Waals surface area contributed by atoms with Crippen LogP contribution < -0.4 is 0 Å². The minimum Gasteiger partial charge on any atom is -0.481 e. The third-order valence-corrected chi connectivity index (χ3v) is 1.66. The first-order valence-corrected chi connectivity index (χ1v) is 4.45. The summed E-state index contributed by atoms with van der Waals surface area (Å²) in [6.07, 6.45) is 0.894. The number of aliphatic carboxylic acids is 2. The molecule has 2 N–H and O–H groups in total. The van der Waals surface area contributed by atoms with Gasteiger partial charge in [-0.2, -0.15) is 0 Å². The number of furan rings is 1. The second-order valence-electron chi connectivity index (χ2n) is 2.92. The Labute approximate surface area is 90.9 Å². The molecule has 1 aromatic carbocycles. The molecule has 0 aliphatic rings. The highest BCUT2D eigenvalue weighted by atomic mass is 16.4. The maximum Gasteiger partial charge on any atom is 0.314 e. The van der Waals surface area contributed by atoms with Gasteiger partial charge in [0.15, 0.2) is 0 Å². The highest BCUT2D eigenvalue weighted by molar-refractivity contribution is 5.88. The van der Waals surface area contributed by atoms with Gasteiger partial charge in [0, 0.05) is 5.39 Å². The number of hydrogen-bond donors (Lipinski definition) is 2. The molecule has 0 amide bonds. The molecule has 2 rings (SSSR count). The molecule has 0 radical (unpaired) electrons. The summed E-state index contributed by atoms with van der Waals surface area (Å²) >= 11 is 0. The van der Waals surface area contributed by atoms with Gasteiger partial charge in [0.1, 0.15) is 12.0 Å². The topological polar surface area (TPSA) is 87.7 Å². The molecule has 5 heteroatoms. The van der Waals surface area contributed by atoms with E-state index >= 15 is 0 Å². The van der Waals surface area contributed by atoms with E-state index in [2.05, 4.69) is 0 Å². The zero-order valence-electron chi connectivity index (χ0n) is 8.29. The largest absolute Gasteiger partial charge is 0.481 e. The summed E-state index contributed by atoms with van der Waals surface area (Å²) in [5.41, 5.74) is 0.956. The Bertz CT molecular complexity index is 444. The molecule has 0 unspecified atom stereocenters. The molecule has 0 atom stereocenters. The third-order valence-electron chi connectivity index (χ3n) is 1.66. The van der Waals surface area contributed by atoms with Crippen molar-refractivity contribution in [3.8, 4) is 0 Å². The maximum atomic E-state index is 9.43. The first-order valence-electron chi connectivity index (χ1n) is 4.45. The van der Waals surface area contributed by atoms with Crippen molar-refractivity contribution >= 4 is 22.9 Å². The number of carboxylic acids is 2. The number of carboxylic acid groups (broad SMARTS) is 2. The Hall–Kier alpha value is -2.30. The van der Waals surface area contributed by atoms with Crippen molar-refractivity contribution in [2.24, 2.45) is 0 Å². The molecule has 2 aromatic rings. The minimum atomic E-state index is -1.31. The minimum absolute atomic E-state index is 0.806. The predicted octanol–water partition coefficient (Wildman–Crippen LogP) is 1.98. The number of hydrogen-bond acceptors (Lipinski definition) is 3.